The summed E-state index contributed by atoms with van der Waals surface area (Å²) in [6.45, 7) is 0. The van der Waals surface area contributed by atoms with E-state index in [-0.39, 0.29) is 17.7 Å². The quantitative estimate of drug-likeness (QED) is 0.900. The lowest BCUT2D eigenvalue weighted by Gasteiger charge is -2.25. The van der Waals surface area contributed by atoms with Gasteiger partial charge in [-0.05, 0) is 49.9 Å². The lowest BCUT2D eigenvalue weighted by Crippen LogP contribution is -2.29. The highest BCUT2D eigenvalue weighted by molar-refractivity contribution is 5.92. The third kappa shape index (κ3) is 3.56. The third-order valence-electron chi connectivity index (χ3n) is 4.23. The highest BCUT2D eigenvalue weighted by Crippen LogP contribution is 2.29. The number of benzene rings is 1. The second kappa shape index (κ2) is 6.60. The van der Waals surface area contributed by atoms with Gasteiger partial charge < -0.3 is 10.4 Å². The molecule has 0 bridgehead atoms. The zero-order valence-electron chi connectivity index (χ0n) is 12.6. The molecule has 1 aromatic heterocycles. The van der Waals surface area contributed by atoms with Crippen LogP contribution in [-0.2, 0) is 9.59 Å². The molecular formula is C16H18N4O3. The summed E-state index contributed by atoms with van der Waals surface area (Å²) in [5.41, 5.74) is 1.53. The maximum absolute atomic E-state index is 12.3. The summed E-state index contributed by atoms with van der Waals surface area (Å²) in [7, 11) is 0. The fourth-order valence-electron chi connectivity index (χ4n) is 2.87. The van der Waals surface area contributed by atoms with Gasteiger partial charge >= 0.3 is 5.97 Å². The van der Waals surface area contributed by atoms with Gasteiger partial charge in [0.05, 0.1) is 24.0 Å². The number of anilines is 1. The van der Waals surface area contributed by atoms with Crippen LogP contribution in [0.5, 0.6) is 0 Å². The molecule has 1 aromatic carbocycles. The molecule has 1 saturated carbocycles. The maximum Gasteiger partial charge on any atom is 0.306 e. The van der Waals surface area contributed by atoms with Crippen LogP contribution in [0.1, 0.15) is 25.7 Å². The first kappa shape index (κ1) is 15.2. The number of carbonyl (C=O) groups is 2. The fourth-order valence-corrected chi connectivity index (χ4v) is 2.87. The Labute approximate surface area is 133 Å². The van der Waals surface area contributed by atoms with E-state index < -0.39 is 5.97 Å². The van der Waals surface area contributed by atoms with E-state index in [1.165, 1.54) is 4.80 Å². The molecule has 1 amide bonds. The molecule has 1 aliphatic carbocycles. The Hall–Kier alpha value is -2.70. The second-order valence-corrected chi connectivity index (χ2v) is 5.74. The van der Waals surface area contributed by atoms with Gasteiger partial charge in [0.15, 0.2) is 0 Å². The molecule has 0 radical (unpaired) electrons. The summed E-state index contributed by atoms with van der Waals surface area (Å²) in [6, 6.07) is 7.27. The Morgan fingerprint density at radius 1 is 1.00 bits per heavy atom. The van der Waals surface area contributed by atoms with Crippen molar-refractivity contribution in [3.63, 3.8) is 0 Å². The van der Waals surface area contributed by atoms with Gasteiger partial charge in [-0.15, -0.1) is 0 Å². The van der Waals surface area contributed by atoms with Crippen molar-refractivity contribution in [1.29, 1.82) is 0 Å². The van der Waals surface area contributed by atoms with E-state index in [1.54, 1.807) is 24.5 Å². The number of aromatic nitrogens is 3. The molecule has 1 fully saturated rings. The first-order chi connectivity index (χ1) is 11.1. The van der Waals surface area contributed by atoms with Gasteiger partial charge in [-0.3, -0.25) is 9.59 Å². The number of nitrogens with zero attached hydrogens (tertiary/aromatic N) is 3. The molecule has 0 unspecified atom stereocenters. The first-order valence-electron chi connectivity index (χ1n) is 7.64. The molecular weight excluding hydrogens is 296 g/mol. The highest BCUT2D eigenvalue weighted by atomic mass is 16.4. The lowest BCUT2D eigenvalue weighted by atomic mass is 9.81. The largest absolute Gasteiger partial charge is 0.481 e. The predicted molar refractivity (Wildman–Crippen MR) is 83.1 cm³/mol. The molecule has 0 saturated heterocycles. The second-order valence-electron chi connectivity index (χ2n) is 5.74. The van der Waals surface area contributed by atoms with Crippen LogP contribution in [0.4, 0.5) is 5.69 Å². The number of amides is 1. The minimum Gasteiger partial charge on any atom is -0.481 e. The standard InChI is InChI=1S/C16H18N4O3/c21-15(11-1-3-12(4-2-11)16(22)23)19-13-5-7-14(8-6-13)20-17-9-10-18-20/h5-12H,1-4H2,(H,19,21)(H,22,23). The highest BCUT2D eigenvalue weighted by Gasteiger charge is 2.29. The van der Waals surface area contributed by atoms with E-state index in [0.717, 1.165) is 5.69 Å². The minimum absolute atomic E-state index is 0.0428. The molecule has 0 atom stereocenters. The molecule has 0 aliphatic heterocycles. The Balaban J connectivity index is 1.57. The predicted octanol–water partition coefficient (Wildman–Crippen LogP) is 2.10. The molecule has 7 heteroatoms. The fraction of sp³-hybridized carbons (Fsp3) is 0.375. The molecule has 0 spiro atoms. The van der Waals surface area contributed by atoms with Gasteiger partial charge in [0.1, 0.15) is 0 Å². The molecule has 2 N–H and O–H groups in total. The van der Waals surface area contributed by atoms with Gasteiger partial charge in [-0.1, -0.05) is 0 Å². The van der Waals surface area contributed by atoms with Crippen LogP contribution in [0, 0.1) is 11.8 Å². The van der Waals surface area contributed by atoms with Crippen molar-refractivity contribution in [2.24, 2.45) is 11.8 Å². The van der Waals surface area contributed by atoms with Crippen LogP contribution in [0.3, 0.4) is 0 Å². The molecule has 120 valence electrons. The Kier molecular flexibility index (Phi) is 4.36. The van der Waals surface area contributed by atoms with Crippen LogP contribution in [-0.4, -0.2) is 32.0 Å². The van der Waals surface area contributed by atoms with E-state index in [1.807, 2.05) is 12.1 Å². The van der Waals surface area contributed by atoms with Gasteiger partial charge in [0, 0.05) is 11.6 Å². The summed E-state index contributed by atoms with van der Waals surface area (Å²) < 4.78 is 0. The first-order valence-corrected chi connectivity index (χ1v) is 7.64. The summed E-state index contributed by atoms with van der Waals surface area (Å²) in [5.74, 6) is -1.22. The summed E-state index contributed by atoms with van der Waals surface area (Å²) in [4.78, 5) is 24.7. The lowest BCUT2D eigenvalue weighted by molar-refractivity contribution is -0.143. The van der Waals surface area contributed by atoms with Crippen molar-refractivity contribution in [3.05, 3.63) is 36.7 Å². The Morgan fingerprint density at radius 2 is 1.57 bits per heavy atom. The Morgan fingerprint density at radius 3 is 2.13 bits per heavy atom. The van der Waals surface area contributed by atoms with Crippen LogP contribution >= 0.6 is 0 Å². The molecule has 23 heavy (non-hydrogen) atoms. The molecule has 1 aliphatic rings. The number of aliphatic carboxylic acids is 1. The van der Waals surface area contributed by atoms with Crippen molar-refractivity contribution in [2.75, 3.05) is 5.32 Å². The van der Waals surface area contributed by atoms with Crippen LogP contribution in [0.2, 0.25) is 0 Å². The van der Waals surface area contributed by atoms with Gasteiger partial charge in [-0.25, -0.2) is 0 Å². The summed E-state index contributed by atoms with van der Waals surface area (Å²) >= 11 is 0. The average Bonchev–Trinajstić information content (AvgIpc) is 3.10. The number of rotatable bonds is 4. The van der Waals surface area contributed by atoms with Gasteiger partial charge in [0.25, 0.3) is 0 Å². The zero-order chi connectivity index (χ0) is 16.2. The van der Waals surface area contributed by atoms with E-state index in [4.69, 9.17) is 5.11 Å². The van der Waals surface area contributed by atoms with Gasteiger partial charge in [0.2, 0.25) is 5.91 Å². The molecule has 7 nitrogen and oxygen atoms in total. The number of carboxylic acid groups (broad SMARTS) is 1. The average molecular weight is 314 g/mol. The molecule has 1 heterocycles. The minimum atomic E-state index is -0.758. The third-order valence-corrected chi connectivity index (χ3v) is 4.23. The normalized spacial score (nSPS) is 20.9. The molecule has 2 aromatic rings. The Bertz CT molecular complexity index is 674. The SMILES string of the molecule is O=C(O)C1CCC(C(=O)Nc2ccc(-n3nccn3)cc2)CC1. The molecule has 3 rings (SSSR count). The van der Waals surface area contributed by atoms with Crippen LogP contribution in [0.25, 0.3) is 5.69 Å². The van der Waals surface area contributed by atoms with Gasteiger partial charge in [-0.2, -0.15) is 15.0 Å². The number of nitrogens with one attached hydrogen (secondary N) is 1. The number of carbonyl (C=O) groups excluding carboxylic acids is 1. The summed E-state index contributed by atoms with van der Waals surface area (Å²) in [5, 5.41) is 20.0. The topological polar surface area (TPSA) is 97.1 Å². The van der Waals surface area contributed by atoms with Crippen molar-refractivity contribution in [2.45, 2.75) is 25.7 Å². The number of carboxylic acids is 1. The van der Waals surface area contributed by atoms with Crippen LogP contribution in [0.15, 0.2) is 36.7 Å². The van der Waals surface area contributed by atoms with E-state index in [0.29, 0.717) is 31.4 Å². The number of hydrogen-bond donors (Lipinski definition) is 2. The van der Waals surface area contributed by atoms with Crippen molar-refractivity contribution >= 4 is 17.6 Å². The van der Waals surface area contributed by atoms with Crippen LogP contribution < -0.4 is 5.32 Å². The maximum atomic E-state index is 12.3. The number of hydrogen-bond acceptors (Lipinski definition) is 4. The summed E-state index contributed by atoms with van der Waals surface area (Å²) in [6.07, 6.45) is 5.58. The van der Waals surface area contributed by atoms with E-state index >= 15 is 0 Å². The van der Waals surface area contributed by atoms with Crippen molar-refractivity contribution < 1.29 is 14.7 Å². The van der Waals surface area contributed by atoms with Crippen molar-refractivity contribution in [3.8, 4) is 5.69 Å². The van der Waals surface area contributed by atoms with Crippen molar-refractivity contribution in [1.82, 2.24) is 15.0 Å². The monoisotopic (exact) mass is 314 g/mol. The van der Waals surface area contributed by atoms with E-state index in [2.05, 4.69) is 15.5 Å². The van der Waals surface area contributed by atoms with E-state index in [9.17, 15) is 9.59 Å². The smallest absolute Gasteiger partial charge is 0.306 e. The zero-order valence-corrected chi connectivity index (χ0v) is 12.6.